The number of methoxy groups -OCH3 is 2. The van der Waals surface area contributed by atoms with Crippen molar-refractivity contribution in [3.05, 3.63) is 59.7 Å². The molecular weight excluding hydrogens is 450 g/mol. The number of carboxylic acid groups (broad SMARTS) is 2. The van der Waals surface area contributed by atoms with Gasteiger partial charge in [-0.05, 0) is 48.2 Å². The molecule has 0 heterocycles. The van der Waals surface area contributed by atoms with Crippen molar-refractivity contribution in [1.29, 1.82) is 0 Å². The van der Waals surface area contributed by atoms with Crippen LogP contribution in [0.1, 0.15) is 38.8 Å². The van der Waals surface area contributed by atoms with Gasteiger partial charge in [0.25, 0.3) is 0 Å². The summed E-state index contributed by atoms with van der Waals surface area (Å²) in [6, 6.07) is 14.7. The van der Waals surface area contributed by atoms with Crippen LogP contribution >= 0.6 is 0 Å². The number of benzene rings is 2. The fourth-order valence-electron chi connectivity index (χ4n) is 2.65. The Hall–Kier alpha value is -2.40. The molecule has 164 valence electrons. The Labute approximate surface area is 197 Å². The minimum Gasteiger partial charge on any atom is -0.550 e. The van der Waals surface area contributed by atoms with Crippen LogP contribution in [-0.4, -0.2) is 26.2 Å². The summed E-state index contributed by atoms with van der Waals surface area (Å²) in [7, 11) is 3.19. The predicted octanol–water partition coefficient (Wildman–Crippen LogP) is 2.03. The zero-order valence-electron chi connectivity index (χ0n) is 19.2. The van der Waals surface area contributed by atoms with Gasteiger partial charge >= 0.3 is 19.5 Å². The molecule has 0 unspecified atom stereocenters. The Morgan fingerprint density at radius 1 is 0.677 bits per heavy atom. The first-order chi connectivity index (χ1) is 13.9. The molecule has 0 N–H and O–H groups in total. The van der Waals surface area contributed by atoms with Crippen molar-refractivity contribution < 1.29 is 48.8 Å². The van der Waals surface area contributed by atoms with Crippen LogP contribution in [0.3, 0.4) is 0 Å². The summed E-state index contributed by atoms with van der Waals surface area (Å²) in [5.41, 5.74) is 0.249. The van der Waals surface area contributed by atoms with Crippen LogP contribution < -0.4 is 19.7 Å². The molecule has 0 fully saturated rings. The van der Waals surface area contributed by atoms with Gasteiger partial charge in [-0.25, -0.2) is 0 Å². The molecule has 0 saturated heterocycles. The van der Waals surface area contributed by atoms with Gasteiger partial charge in [0, 0.05) is 22.8 Å². The number of rotatable bonds is 8. The molecule has 31 heavy (non-hydrogen) atoms. The quantitative estimate of drug-likeness (QED) is 0.537. The van der Waals surface area contributed by atoms with Crippen LogP contribution in [0.4, 0.5) is 0 Å². The Kier molecular flexibility index (Phi) is 11.5. The second kappa shape index (κ2) is 12.5. The molecule has 0 aliphatic heterocycles. The van der Waals surface area contributed by atoms with E-state index in [9.17, 15) is 19.8 Å². The van der Waals surface area contributed by atoms with Crippen LogP contribution in [0, 0.1) is 10.8 Å². The maximum absolute atomic E-state index is 10.8. The molecule has 0 bridgehead atoms. The SMILES string of the molecule is COc1ccc(CC(C)(C)C(=O)[O-])cc1.COc1ccc(CC(C)(C)C(=O)[O-])cc1.[Zn+2]. The normalized spacial score (nSPS) is 10.8. The number of hydrogen-bond acceptors (Lipinski definition) is 6. The smallest absolute Gasteiger partial charge is 0.550 e. The van der Waals surface area contributed by atoms with Crippen molar-refractivity contribution >= 4 is 11.9 Å². The van der Waals surface area contributed by atoms with Crippen molar-refractivity contribution in [2.45, 2.75) is 40.5 Å². The summed E-state index contributed by atoms with van der Waals surface area (Å²) in [4.78, 5) is 21.6. The van der Waals surface area contributed by atoms with Crippen molar-refractivity contribution in [1.82, 2.24) is 0 Å². The van der Waals surface area contributed by atoms with Crippen LogP contribution in [0.2, 0.25) is 0 Å². The van der Waals surface area contributed by atoms with E-state index in [4.69, 9.17) is 9.47 Å². The van der Waals surface area contributed by atoms with Gasteiger partial charge in [-0.2, -0.15) is 0 Å². The summed E-state index contributed by atoms with van der Waals surface area (Å²) in [5.74, 6) is -0.522. The summed E-state index contributed by atoms with van der Waals surface area (Å²) in [6.45, 7) is 6.64. The number of carbonyl (C=O) groups excluding carboxylic acids is 2. The van der Waals surface area contributed by atoms with Crippen molar-refractivity contribution in [2.75, 3.05) is 14.2 Å². The van der Waals surface area contributed by atoms with Gasteiger partial charge < -0.3 is 29.3 Å². The first kappa shape index (κ1) is 28.6. The maximum atomic E-state index is 10.8. The Morgan fingerprint density at radius 2 is 0.935 bits per heavy atom. The van der Waals surface area contributed by atoms with Gasteiger partial charge in [-0.1, -0.05) is 52.0 Å². The van der Waals surface area contributed by atoms with Gasteiger partial charge in [0.1, 0.15) is 11.5 Å². The predicted molar refractivity (Wildman–Crippen MR) is 111 cm³/mol. The number of carbonyl (C=O) groups is 2. The number of carboxylic acids is 2. The van der Waals surface area contributed by atoms with E-state index >= 15 is 0 Å². The van der Waals surface area contributed by atoms with Crippen LogP contribution in [0.5, 0.6) is 11.5 Å². The molecule has 0 aliphatic carbocycles. The van der Waals surface area contributed by atoms with Crippen LogP contribution in [0.15, 0.2) is 48.5 Å². The third-order valence-corrected chi connectivity index (χ3v) is 4.72. The molecule has 7 heteroatoms. The molecule has 0 spiro atoms. The second-order valence-electron chi connectivity index (χ2n) is 8.39. The van der Waals surface area contributed by atoms with Crippen LogP contribution in [-0.2, 0) is 41.9 Å². The van der Waals surface area contributed by atoms with E-state index < -0.39 is 22.8 Å². The maximum Gasteiger partial charge on any atom is 2.00 e. The molecule has 0 saturated carbocycles. The zero-order valence-corrected chi connectivity index (χ0v) is 22.2. The molecule has 0 amide bonds. The van der Waals surface area contributed by atoms with Crippen molar-refractivity contribution in [3.8, 4) is 11.5 Å². The average Bonchev–Trinajstić information content (AvgIpc) is 2.69. The average molecular weight is 480 g/mol. The minimum atomic E-state index is -1.03. The largest absolute Gasteiger partial charge is 2.00 e. The van der Waals surface area contributed by atoms with E-state index in [1.807, 2.05) is 48.5 Å². The first-order valence-corrected chi connectivity index (χ1v) is 9.60. The second-order valence-corrected chi connectivity index (χ2v) is 8.39. The van der Waals surface area contributed by atoms with E-state index in [2.05, 4.69) is 0 Å². The summed E-state index contributed by atoms with van der Waals surface area (Å²) in [5, 5.41) is 21.6. The van der Waals surface area contributed by atoms with Gasteiger partial charge in [-0.15, -0.1) is 0 Å². The van der Waals surface area contributed by atoms with Gasteiger partial charge in [0.15, 0.2) is 0 Å². The molecule has 0 atom stereocenters. The minimum absolute atomic E-state index is 0. The van der Waals surface area contributed by atoms with Gasteiger partial charge in [0.05, 0.1) is 14.2 Å². The van der Waals surface area contributed by atoms with Crippen molar-refractivity contribution in [2.24, 2.45) is 10.8 Å². The molecule has 2 aromatic rings. The third-order valence-electron chi connectivity index (χ3n) is 4.72. The molecule has 0 radical (unpaired) electrons. The molecule has 2 aromatic carbocycles. The van der Waals surface area contributed by atoms with E-state index in [1.165, 1.54) is 0 Å². The van der Waals surface area contributed by atoms with Gasteiger partial charge in [0.2, 0.25) is 0 Å². The molecule has 2 rings (SSSR count). The number of hydrogen-bond donors (Lipinski definition) is 0. The monoisotopic (exact) mass is 478 g/mol. The number of ether oxygens (including phenoxy) is 2. The van der Waals surface area contributed by atoms with Crippen molar-refractivity contribution in [3.63, 3.8) is 0 Å². The molecular formula is C24H30O6Zn. The summed E-state index contributed by atoms with van der Waals surface area (Å²) in [6.07, 6.45) is 0.915. The summed E-state index contributed by atoms with van der Waals surface area (Å²) < 4.78 is 10.0. The van der Waals surface area contributed by atoms with Gasteiger partial charge in [-0.3, -0.25) is 0 Å². The Balaban J connectivity index is 0.000000562. The van der Waals surface area contributed by atoms with E-state index in [0.29, 0.717) is 12.8 Å². The molecule has 0 aromatic heterocycles. The fraction of sp³-hybridized carbons (Fsp3) is 0.417. The summed E-state index contributed by atoms with van der Waals surface area (Å²) >= 11 is 0. The Morgan fingerprint density at radius 3 is 1.13 bits per heavy atom. The molecule has 0 aliphatic rings. The Bertz CT molecular complexity index is 755. The number of aliphatic carboxylic acids is 2. The fourth-order valence-corrected chi connectivity index (χ4v) is 2.65. The van der Waals surface area contributed by atoms with E-state index in [0.717, 1.165) is 22.6 Å². The van der Waals surface area contributed by atoms with E-state index in [-0.39, 0.29) is 19.5 Å². The zero-order chi connectivity index (χ0) is 22.9. The van der Waals surface area contributed by atoms with E-state index in [1.54, 1.807) is 41.9 Å². The first-order valence-electron chi connectivity index (χ1n) is 9.60. The topological polar surface area (TPSA) is 98.7 Å². The molecule has 6 nitrogen and oxygen atoms in total. The van der Waals surface area contributed by atoms with Crippen LogP contribution in [0.25, 0.3) is 0 Å². The third kappa shape index (κ3) is 9.52. The standard InChI is InChI=1S/2C12H16O3.Zn/c2*1-12(2,11(13)14)8-9-4-6-10(15-3)7-5-9;/h2*4-7H,8H2,1-3H3,(H,13,14);/q;;+2/p-2.